The van der Waals surface area contributed by atoms with Crippen LogP contribution in [0, 0.1) is 0 Å². The molecule has 0 fully saturated rings. The molecule has 5 N–H and O–H groups in total. The Morgan fingerprint density at radius 3 is 2.11 bits per heavy atom. The molecule has 0 bridgehead atoms. The Morgan fingerprint density at radius 1 is 1.17 bits per heavy atom. The zero-order chi connectivity index (χ0) is 13.3. The van der Waals surface area contributed by atoms with Crippen LogP contribution in [0.4, 0.5) is 0 Å². The van der Waals surface area contributed by atoms with Gasteiger partial charge in [-0.1, -0.05) is 46.0 Å². The maximum absolute atomic E-state index is 11.1. The zero-order valence-electron chi connectivity index (χ0n) is 11.5. The molecule has 1 unspecified atom stereocenters. The summed E-state index contributed by atoms with van der Waals surface area (Å²) in [5.41, 5.74) is 4.42. The van der Waals surface area contributed by atoms with Gasteiger partial charge < -0.3 is 10.8 Å². The van der Waals surface area contributed by atoms with Gasteiger partial charge in [-0.05, 0) is 12.8 Å². The van der Waals surface area contributed by atoms with Gasteiger partial charge in [-0.15, -0.1) is 12.4 Å². The number of carboxylic acid groups (broad SMARTS) is 1. The summed E-state index contributed by atoms with van der Waals surface area (Å²) in [5, 5.41) is 10.3. The van der Waals surface area contributed by atoms with E-state index < -0.39 is 11.6 Å². The van der Waals surface area contributed by atoms with Gasteiger partial charge in [-0.2, -0.15) is 0 Å². The minimum Gasteiger partial charge on any atom is -0.479 e. The molecule has 0 aliphatic heterocycles. The first-order valence-electron chi connectivity index (χ1n) is 6.53. The average Bonchev–Trinajstić information content (AvgIpc) is 2.31. The second kappa shape index (κ2) is 10.6. The lowest BCUT2D eigenvalue weighted by Gasteiger charge is -2.33. The highest BCUT2D eigenvalue weighted by Crippen LogP contribution is 2.16. The minimum atomic E-state index is -1.42. The number of halogens is 1. The number of carbonyl (C=O) groups is 1. The lowest BCUT2D eigenvalue weighted by molar-refractivity contribution is -0.152. The van der Waals surface area contributed by atoms with E-state index >= 15 is 0 Å². The number of hydrogen-bond acceptors (Lipinski definition) is 4. The number of hydrogen-bond donors (Lipinski definition) is 3. The standard InChI is InChI=1S/C12H27N3O2.ClH/c1-3-5-6-7-8-9-10-12(13,11(16)17)15(14)4-2;/h3-10,13-14H2,1-2H3,(H,16,17);1H. The van der Waals surface area contributed by atoms with Crippen LogP contribution in [0.3, 0.4) is 0 Å². The van der Waals surface area contributed by atoms with Crippen molar-refractivity contribution in [3.63, 3.8) is 0 Å². The van der Waals surface area contributed by atoms with Crippen molar-refractivity contribution in [1.82, 2.24) is 5.01 Å². The number of carboxylic acids is 1. The molecular formula is C12H28ClN3O2. The van der Waals surface area contributed by atoms with Gasteiger partial charge in [0.15, 0.2) is 5.66 Å². The first-order valence-corrected chi connectivity index (χ1v) is 6.53. The van der Waals surface area contributed by atoms with E-state index in [4.69, 9.17) is 16.7 Å². The molecule has 0 heterocycles. The van der Waals surface area contributed by atoms with Crippen molar-refractivity contribution in [3.8, 4) is 0 Å². The normalized spacial score (nSPS) is 14.1. The molecule has 0 rings (SSSR count). The van der Waals surface area contributed by atoms with E-state index in [1.165, 1.54) is 24.3 Å². The lowest BCUT2D eigenvalue weighted by atomic mass is 10.0. The molecule has 0 aliphatic carbocycles. The first-order chi connectivity index (χ1) is 7.99. The molecule has 0 radical (unpaired) electrons. The van der Waals surface area contributed by atoms with Gasteiger partial charge in [-0.3, -0.25) is 5.84 Å². The van der Waals surface area contributed by atoms with Crippen molar-refractivity contribution >= 4 is 18.4 Å². The van der Waals surface area contributed by atoms with Crippen molar-refractivity contribution in [2.24, 2.45) is 11.6 Å². The molecular weight excluding hydrogens is 254 g/mol. The molecule has 0 saturated carbocycles. The van der Waals surface area contributed by atoms with Gasteiger partial charge in [0.1, 0.15) is 0 Å². The van der Waals surface area contributed by atoms with Crippen LogP contribution in [-0.2, 0) is 4.79 Å². The second-order valence-corrected chi connectivity index (χ2v) is 4.53. The predicted octanol–water partition coefficient (Wildman–Crippen LogP) is 2.09. The van der Waals surface area contributed by atoms with Crippen molar-refractivity contribution < 1.29 is 9.90 Å². The van der Waals surface area contributed by atoms with Crippen LogP contribution >= 0.6 is 12.4 Å². The fourth-order valence-corrected chi connectivity index (χ4v) is 1.83. The van der Waals surface area contributed by atoms with E-state index in [1.54, 1.807) is 6.92 Å². The molecule has 0 amide bonds. The molecule has 0 aromatic heterocycles. The van der Waals surface area contributed by atoms with Gasteiger partial charge in [0.25, 0.3) is 0 Å². The smallest absolute Gasteiger partial charge is 0.340 e. The summed E-state index contributed by atoms with van der Waals surface area (Å²) in [6.07, 6.45) is 7.03. The highest BCUT2D eigenvalue weighted by molar-refractivity contribution is 5.85. The number of nitrogens with two attached hydrogens (primary N) is 2. The fourth-order valence-electron chi connectivity index (χ4n) is 1.83. The number of rotatable bonds is 10. The molecule has 110 valence electrons. The molecule has 0 saturated heterocycles. The van der Waals surface area contributed by atoms with E-state index in [1.807, 2.05) is 0 Å². The van der Waals surface area contributed by atoms with Gasteiger partial charge in [0, 0.05) is 6.54 Å². The highest BCUT2D eigenvalue weighted by atomic mass is 35.5. The Morgan fingerprint density at radius 2 is 1.67 bits per heavy atom. The molecule has 0 spiro atoms. The molecule has 1 atom stereocenters. The van der Waals surface area contributed by atoms with Crippen LogP contribution in [0.2, 0.25) is 0 Å². The Bertz CT molecular complexity index is 229. The van der Waals surface area contributed by atoms with Crippen molar-refractivity contribution in [2.75, 3.05) is 6.54 Å². The quantitative estimate of drug-likeness (QED) is 0.247. The van der Waals surface area contributed by atoms with Crippen molar-refractivity contribution in [2.45, 2.75) is 64.5 Å². The SMILES string of the molecule is CCCCCCCCC(N)(C(=O)O)N(N)CC.Cl. The zero-order valence-corrected chi connectivity index (χ0v) is 12.3. The van der Waals surface area contributed by atoms with Crippen molar-refractivity contribution in [1.29, 1.82) is 0 Å². The second-order valence-electron chi connectivity index (χ2n) is 4.53. The van der Waals surface area contributed by atoms with Gasteiger partial charge in [-0.25, -0.2) is 9.80 Å². The highest BCUT2D eigenvalue weighted by Gasteiger charge is 2.37. The van der Waals surface area contributed by atoms with E-state index in [9.17, 15) is 4.79 Å². The Labute approximate surface area is 116 Å². The summed E-state index contributed by atoms with van der Waals surface area (Å²) in [6, 6.07) is 0. The van der Waals surface area contributed by atoms with Gasteiger partial charge in [0.05, 0.1) is 0 Å². The first kappa shape index (κ1) is 20.0. The number of hydrazine groups is 1. The molecule has 0 aromatic rings. The summed E-state index contributed by atoms with van der Waals surface area (Å²) in [6.45, 7) is 4.40. The maximum atomic E-state index is 11.1. The monoisotopic (exact) mass is 281 g/mol. The topological polar surface area (TPSA) is 92.6 Å². The third-order valence-corrected chi connectivity index (χ3v) is 3.14. The van der Waals surface area contributed by atoms with E-state index in [2.05, 4.69) is 6.92 Å². The van der Waals surface area contributed by atoms with Crippen LogP contribution in [0.1, 0.15) is 58.8 Å². The molecule has 18 heavy (non-hydrogen) atoms. The van der Waals surface area contributed by atoms with Crippen LogP contribution in [0.25, 0.3) is 0 Å². The number of aliphatic carboxylic acids is 1. The van der Waals surface area contributed by atoms with Crippen molar-refractivity contribution in [3.05, 3.63) is 0 Å². The summed E-state index contributed by atoms with van der Waals surface area (Å²) in [4.78, 5) is 11.1. The number of nitrogens with zero attached hydrogens (tertiary/aromatic N) is 1. The summed E-state index contributed by atoms with van der Waals surface area (Å²) in [5.74, 6) is 4.60. The average molecular weight is 282 g/mol. The fraction of sp³-hybridized carbons (Fsp3) is 0.917. The third kappa shape index (κ3) is 6.54. The van der Waals surface area contributed by atoms with Crippen LogP contribution < -0.4 is 11.6 Å². The molecule has 5 nitrogen and oxygen atoms in total. The molecule has 0 aromatic carbocycles. The Kier molecular flexibility index (Phi) is 11.7. The maximum Gasteiger partial charge on any atom is 0.340 e. The van der Waals surface area contributed by atoms with E-state index in [0.717, 1.165) is 19.3 Å². The van der Waals surface area contributed by atoms with Gasteiger partial charge >= 0.3 is 5.97 Å². The molecule has 0 aliphatic rings. The Balaban J connectivity index is 0. The summed E-state index contributed by atoms with van der Waals surface area (Å²) >= 11 is 0. The molecule has 6 heteroatoms. The van der Waals surface area contributed by atoms with Crippen LogP contribution in [-0.4, -0.2) is 28.3 Å². The number of unbranched alkanes of at least 4 members (excludes halogenated alkanes) is 5. The van der Waals surface area contributed by atoms with Crippen LogP contribution in [0.5, 0.6) is 0 Å². The largest absolute Gasteiger partial charge is 0.479 e. The van der Waals surface area contributed by atoms with Gasteiger partial charge in [0.2, 0.25) is 0 Å². The summed E-state index contributed by atoms with van der Waals surface area (Å²) < 4.78 is 0. The third-order valence-electron chi connectivity index (χ3n) is 3.14. The van der Waals surface area contributed by atoms with E-state index in [-0.39, 0.29) is 12.4 Å². The number of likely N-dealkylation sites (N-methyl/N-ethyl adjacent to an activating group) is 1. The Hall–Kier alpha value is -0.360. The lowest BCUT2D eigenvalue weighted by Crippen LogP contribution is -2.64. The predicted molar refractivity (Wildman–Crippen MR) is 76.4 cm³/mol. The van der Waals surface area contributed by atoms with E-state index in [0.29, 0.717) is 13.0 Å². The summed E-state index contributed by atoms with van der Waals surface area (Å²) in [7, 11) is 0. The minimum absolute atomic E-state index is 0. The van der Waals surface area contributed by atoms with Crippen LogP contribution in [0.15, 0.2) is 0 Å².